The Hall–Kier alpha value is -3.75. The van der Waals surface area contributed by atoms with Crippen molar-refractivity contribution in [2.45, 2.75) is 20.0 Å². The summed E-state index contributed by atoms with van der Waals surface area (Å²) >= 11 is 0. The monoisotopic (exact) mass is 428 g/mol. The molecule has 2 heterocycles. The van der Waals surface area contributed by atoms with E-state index in [1.807, 2.05) is 0 Å². The van der Waals surface area contributed by atoms with Gasteiger partial charge in [-0.2, -0.15) is 13.2 Å². The molecular formula is C22H19F3N4O2. The van der Waals surface area contributed by atoms with Crippen LogP contribution in [-0.4, -0.2) is 27.5 Å². The first kappa shape index (κ1) is 21.9. The van der Waals surface area contributed by atoms with Crippen molar-refractivity contribution >= 4 is 18.0 Å². The number of pyridine rings is 1. The predicted octanol–water partition coefficient (Wildman–Crippen LogP) is 4.69. The number of halogens is 3. The number of ether oxygens (including phenoxy) is 1. The molecule has 9 heteroatoms. The average Bonchev–Trinajstić information content (AvgIpc) is 2.71. The fraction of sp³-hybridized carbons (Fsp3) is 0.182. The van der Waals surface area contributed by atoms with Crippen molar-refractivity contribution < 1.29 is 22.7 Å². The van der Waals surface area contributed by atoms with E-state index in [1.165, 1.54) is 19.1 Å². The minimum atomic E-state index is -4.64. The van der Waals surface area contributed by atoms with Crippen molar-refractivity contribution in [3.05, 3.63) is 65.6 Å². The third-order valence-electron chi connectivity index (χ3n) is 4.20. The maximum atomic E-state index is 13.4. The topological polar surface area (TPSA) is 91.0 Å². The number of esters is 1. The molecule has 0 aliphatic carbocycles. The summed E-state index contributed by atoms with van der Waals surface area (Å²) in [4.78, 5) is 23.8. The molecule has 31 heavy (non-hydrogen) atoms. The highest BCUT2D eigenvalue weighted by atomic mass is 19.4. The lowest BCUT2D eigenvalue weighted by molar-refractivity contribution is -0.141. The van der Waals surface area contributed by atoms with Crippen molar-refractivity contribution in [2.24, 2.45) is 0 Å². The van der Waals surface area contributed by atoms with Crippen LogP contribution in [0.2, 0.25) is 0 Å². The van der Waals surface area contributed by atoms with Gasteiger partial charge in [0.05, 0.1) is 18.0 Å². The van der Waals surface area contributed by atoms with Crippen molar-refractivity contribution in [1.82, 2.24) is 15.0 Å². The molecule has 0 aliphatic rings. The number of aromatic nitrogens is 3. The summed E-state index contributed by atoms with van der Waals surface area (Å²) in [7, 11) is 0. The van der Waals surface area contributed by atoms with Crippen LogP contribution in [-0.2, 0) is 15.7 Å². The van der Waals surface area contributed by atoms with Crippen LogP contribution in [0, 0.1) is 6.92 Å². The molecule has 1 aromatic carbocycles. The van der Waals surface area contributed by atoms with Crippen molar-refractivity contribution in [2.75, 3.05) is 12.3 Å². The molecule has 0 saturated carbocycles. The molecule has 3 aromatic rings. The molecule has 0 atom stereocenters. The lowest BCUT2D eigenvalue weighted by Gasteiger charge is -2.15. The van der Waals surface area contributed by atoms with Crippen LogP contribution in [0.25, 0.3) is 28.5 Å². The van der Waals surface area contributed by atoms with Crippen molar-refractivity contribution in [3.8, 4) is 22.4 Å². The number of alkyl halides is 3. The zero-order valence-electron chi connectivity index (χ0n) is 16.8. The van der Waals surface area contributed by atoms with Crippen LogP contribution < -0.4 is 5.73 Å². The molecule has 0 radical (unpaired) electrons. The van der Waals surface area contributed by atoms with Crippen LogP contribution in [0.4, 0.5) is 19.1 Å². The Kier molecular flexibility index (Phi) is 6.33. The van der Waals surface area contributed by atoms with Crippen LogP contribution in [0.1, 0.15) is 24.0 Å². The molecule has 0 unspecified atom stereocenters. The van der Waals surface area contributed by atoms with Crippen LogP contribution in [0.15, 0.2) is 48.5 Å². The molecule has 0 saturated heterocycles. The summed E-state index contributed by atoms with van der Waals surface area (Å²) in [5.74, 6) is -0.707. The first-order valence-electron chi connectivity index (χ1n) is 9.33. The number of hydrogen-bond acceptors (Lipinski definition) is 6. The maximum Gasteiger partial charge on any atom is 0.433 e. The Labute approximate surface area is 176 Å². The van der Waals surface area contributed by atoms with Gasteiger partial charge in [-0.15, -0.1) is 0 Å². The molecule has 0 amide bonds. The Morgan fingerprint density at radius 1 is 1.10 bits per heavy atom. The number of aryl methyl sites for hydroxylation is 1. The number of nitrogens with two attached hydrogens (primary N) is 1. The molecule has 0 fully saturated rings. The summed E-state index contributed by atoms with van der Waals surface area (Å²) in [6, 6.07) is 11.3. The third-order valence-corrected chi connectivity index (χ3v) is 4.20. The number of rotatable bonds is 5. The molecule has 0 spiro atoms. The first-order valence-corrected chi connectivity index (χ1v) is 9.33. The highest BCUT2D eigenvalue weighted by molar-refractivity contribution is 5.92. The highest BCUT2D eigenvalue weighted by Crippen LogP contribution is 2.37. The number of nitrogens with zero attached hydrogens (tertiary/aromatic N) is 3. The van der Waals surface area contributed by atoms with E-state index in [0.717, 1.165) is 12.1 Å². The zero-order chi connectivity index (χ0) is 22.6. The number of carbonyl (C=O) groups is 1. The second-order valence-electron chi connectivity index (χ2n) is 6.52. The number of anilines is 1. The van der Waals surface area contributed by atoms with Crippen molar-refractivity contribution in [1.29, 1.82) is 0 Å². The predicted molar refractivity (Wildman–Crippen MR) is 111 cm³/mol. The molecule has 2 N–H and O–H groups in total. The Morgan fingerprint density at radius 3 is 2.45 bits per heavy atom. The number of hydrogen-bond donors (Lipinski definition) is 1. The van der Waals surface area contributed by atoms with Gasteiger partial charge in [-0.05, 0) is 37.6 Å². The normalized spacial score (nSPS) is 11.6. The maximum absolute atomic E-state index is 13.4. The van der Waals surface area contributed by atoms with E-state index in [1.54, 1.807) is 37.3 Å². The summed E-state index contributed by atoms with van der Waals surface area (Å²) in [6.45, 7) is 3.30. The number of benzene rings is 1. The van der Waals surface area contributed by atoms with Gasteiger partial charge in [-0.3, -0.25) is 0 Å². The number of nitrogen functional groups attached to an aromatic ring is 1. The largest absolute Gasteiger partial charge is 0.463 e. The van der Waals surface area contributed by atoms with Crippen molar-refractivity contribution in [3.63, 3.8) is 0 Å². The molecule has 2 aromatic heterocycles. The van der Waals surface area contributed by atoms with Crippen LogP contribution >= 0.6 is 0 Å². The van der Waals surface area contributed by atoms with E-state index in [-0.39, 0.29) is 35.1 Å². The van der Waals surface area contributed by atoms with Gasteiger partial charge in [0, 0.05) is 22.9 Å². The fourth-order valence-electron chi connectivity index (χ4n) is 3.00. The van der Waals surface area contributed by atoms with Gasteiger partial charge in [-0.1, -0.05) is 30.3 Å². The van der Waals surface area contributed by atoms with Gasteiger partial charge in [0.1, 0.15) is 5.69 Å². The van der Waals surface area contributed by atoms with Gasteiger partial charge < -0.3 is 10.5 Å². The highest BCUT2D eigenvalue weighted by Gasteiger charge is 2.33. The third kappa shape index (κ3) is 5.25. The fourth-order valence-corrected chi connectivity index (χ4v) is 3.00. The summed E-state index contributed by atoms with van der Waals surface area (Å²) in [6.07, 6.45) is -2.15. The molecular weight excluding hydrogens is 409 g/mol. The van der Waals surface area contributed by atoms with E-state index >= 15 is 0 Å². The lowest BCUT2D eigenvalue weighted by atomic mass is 9.96. The van der Waals surface area contributed by atoms with E-state index in [4.69, 9.17) is 10.5 Å². The summed E-state index contributed by atoms with van der Waals surface area (Å²) in [5.41, 5.74) is 6.62. The second-order valence-corrected chi connectivity index (χ2v) is 6.52. The smallest absolute Gasteiger partial charge is 0.433 e. The minimum Gasteiger partial charge on any atom is -0.463 e. The van der Waals surface area contributed by atoms with Crippen LogP contribution in [0.5, 0.6) is 0 Å². The minimum absolute atomic E-state index is 0.0899. The molecule has 0 aliphatic heterocycles. The molecule has 6 nitrogen and oxygen atoms in total. The summed E-state index contributed by atoms with van der Waals surface area (Å²) < 4.78 is 45.1. The number of carbonyl (C=O) groups excluding carboxylic acids is 1. The SMILES string of the molecule is CCOC(=O)C=Cc1nc(N)nc(-c2ccccc2)c1-c1cc(C)nc(C(F)(F)F)c1. The molecule has 160 valence electrons. The Balaban J connectivity index is 2.31. The van der Waals surface area contributed by atoms with Gasteiger partial charge in [0.15, 0.2) is 0 Å². The van der Waals surface area contributed by atoms with Gasteiger partial charge >= 0.3 is 12.1 Å². The van der Waals surface area contributed by atoms with Gasteiger partial charge in [0.2, 0.25) is 5.95 Å². The zero-order valence-corrected chi connectivity index (χ0v) is 16.8. The standard InChI is InChI=1S/C22H19F3N4O2/c1-3-31-18(30)10-9-16-19(15-11-13(2)27-17(12-15)22(23,24)25)20(29-21(26)28-16)14-7-5-4-6-8-14/h4-12H,3H2,1-2H3,(H2,26,28,29). The molecule has 0 bridgehead atoms. The van der Waals surface area contributed by atoms with Gasteiger partial charge in [-0.25, -0.2) is 19.7 Å². The Bertz CT molecular complexity index is 1130. The van der Waals surface area contributed by atoms with E-state index < -0.39 is 17.8 Å². The second kappa shape index (κ2) is 8.95. The summed E-state index contributed by atoms with van der Waals surface area (Å²) in [5, 5.41) is 0. The quantitative estimate of drug-likeness (QED) is 0.468. The van der Waals surface area contributed by atoms with Crippen LogP contribution in [0.3, 0.4) is 0 Å². The Morgan fingerprint density at radius 2 is 1.81 bits per heavy atom. The van der Waals surface area contributed by atoms with E-state index in [2.05, 4.69) is 15.0 Å². The lowest BCUT2D eigenvalue weighted by Crippen LogP contribution is -2.10. The average molecular weight is 428 g/mol. The van der Waals surface area contributed by atoms with Gasteiger partial charge in [0.25, 0.3) is 0 Å². The molecule has 3 rings (SSSR count). The van der Waals surface area contributed by atoms with E-state index in [9.17, 15) is 18.0 Å². The first-order chi connectivity index (χ1) is 14.7. The van der Waals surface area contributed by atoms with E-state index in [0.29, 0.717) is 11.3 Å².